The van der Waals surface area contributed by atoms with Crippen LogP contribution in [-0.2, 0) is 0 Å². The van der Waals surface area contributed by atoms with Gasteiger partial charge in [-0.15, -0.1) is 0 Å². The summed E-state index contributed by atoms with van der Waals surface area (Å²) in [6, 6.07) is 13.9. The Labute approximate surface area is 116 Å². The molecule has 1 aromatic carbocycles. The highest BCUT2D eigenvalue weighted by Gasteiger charge is 2.04. The van der Waals surface area contributed by atoms with Crippen molar-refractivity contribution in [2.24, 2.45) is 0 Å². The standard InChI is InChI=1S/C16H11ClN2/c17-16-8-14(12-3-1-5-18-10-12)7-15(9-16)13-4-2-6-19-11-13/h1-11H. The summed E-state index contributed by atoms with van der Waals surface area (Å²) in [4.78, 5) is 8.28. The van der Waals surface area contributed by atoms with Crippen molar-refractivity contribution >= 4 is 11.6 Å². The van der Waals surface area contributed by atoms with E-state index < -0.39 is 0 Å². The summed E-state index contributed by atoms with van der Waals surface area (Å²) in [5.74, 6) is 0. The third-order valence-corrected chi connectivity index (χ3v) is 3.11. The first kappa shape index (κ1) is 11.9. The Kier molecular flexibility index (Phi) is 3.25. The highest BCUT2D eigenvalue weighted by atomic mass is 35.5. The Morgan fingerprint density at radius 1 is 0.684 bits per heavy atom. The minimum absolute atomic E-state index is 0.709. The van der Waals surface area contributed by atoms with Gasteiger partial charge in [0, 0.05) is 40.9 Å². The van der Waals surface area contributed by atoms with Crippen LogP contribution in [-0.4, -0.2) is 9.97 Å². The van der Waals surface area contributed by atoms with Crippen molar-refractivity contribution in [2.45, 2.75) is 0 Å². The molecule has 0 aliphatic heterocycles. The zero-order valence-electron chi connectivity index (χ0n) is 10.1. The molecule has 3 rings (SSSR count). The van der Waals surface area contributed by atoms with Crippen molar-refractivity contribution in [1.29, 1.82) is 0 Å². The molecule has 0 unspecified atom stereocenters. The Bertz CT molecular complexity index is 624. The first-order valence-corrected chi connectivity index (χ1v) is 6.32. The van der Waals surface area contributed by atoms with E-state index in [-0.39, 0.29) is 0 Å². The predicted octanol–water partition coefficient (Wildman–Crippen LogP) is 4.46. The number of hydrogen-bond donors (Lipinski definition) is 0. The van der Waals surface area contributed by atoms with Gasteiger partial charge in [-0.25, -0.2) is 0 Å². The van der Waals surface area contributed by atoms with E-state index in [1.54, 1.807) is 12.4 Å². The second kappa shape index (κ2) is 5.21. The molecule has 2 nitrogen and oxygen atoms in total. The van der Waals surface area contributed by atoms with Gasteiger partial charge in [-0.1, -0.05) is 23.7 Å². The van der Waals surface area contributed by atoms with Gasteiger partial charge >= 0.3 is 0 Å². The fourth-order valence-corrected chi connectivity index (χ4v) is 2.23. The van der Waals surface area contributed by atoms with E-state index in [1.165, 1.54) is 0 Å². The summed E-state index contributed by atoms with van der Waals surface area (Å²) in [5, 5.41) is 0.709. The Morgan fingerprint density at radius 3 is 1.63 bits per heavy atom. The van der Waals surface area contributed by atoms with Gasteiger partial charge in [0.2, 0.25) is 0 Å². The summed E-state index contributed by atoms with van der Waals surface area (Å²) in [6.07, 6.45) is 7.18. The molecule has 0 N–H and O–H groups in total. The van der Waals surface area contributed by atoms with E-state index in [0.717, 1.165) is 22.3 Å². The van der Waals surface area contributed by atoms with Crippen LogP contribution in [0.5, 0.6) is 0 Å². The van der Waals surface area contributed by atoms with E-state index in [2.05, 4.69) is 16.0 Å². The molecule has 0 aliphatic carbocycles. The van der Waals surface area contributed by atoms with Crippen LogP contribution in [0.25, 0.3) is 22.3 Å². The minimum atomic E-state index is 0.709. The summed E-state index contributed by atoms with van der Waals surface area (Å²) in [7, 11) is 0. The molecule has 0 atom stereocenters. The SMILES string of the molecule is Clc1cc(-c2cccnc2)cc(-c2cccnc2)c1. The van der Waals surface area contributed by atoms with Crippen molar-refractivity contribution in [1.82, 2.24) is 9.97 Å². The molecule has 0 bridgehead atoms. The van der Waals surface area contributed by atoms with Crippen LogP contribution in [0.2, 0.25) is 5.02 Å². The fraction of sp³-hybridized carbons (Fsp3) is 0. The van der Waals surface area contributed by atoms with Crippen LogP contribution in [0, 0.1) is 0 Å². The second-order valence-corrected chi connectivity index (χ2v) is 4.65. The third-order valence-electron chi connectivity index (χ3n) is 2.89. The molecule has 0 spiro atoms. The molecular formula is C16H11ClN2. The molecule has 0 amide bonds. The maximum absolute atomic E-state index is 6.21. The number of halogens is 1. The zero-order valence-corrected chi connectivity index (χ0v) is 10.9. The fourth-order valence-electron chi connectivity index (χ4n) is 1.99. The monoisotopic (exact) mass is 266 g/mol. The molecule has 3 heteroatoms. The average Bonchev–Trinajstić information content (AvgIpc) is 2.48. The number of benzene rings is 1. The molecule has 0 fully saturated rings. The number of rotatable bonds is 2. The van der Waals surface area contributed by atoms with Crippen LogP contribution in [0.15, 0.2) is 67.3 Å². The van der Waals surface area contributed by atoms with Gasteiger partial charge in [0.25, 0.3) is 0 Å². The van der Waals surface area contributed by atoms with E-state index in [4.69, 9.17) is 11.6 Å². The van der Waals surface area contributed by atoms with Crippen molar-refractivity contribution in [3.8, 4) is 22.3 Å². The summed E-state index contributed by atoms with van der Waals surface area (Å²) in [5.41, 5.74) is 4.21. The molecule has 2 heterocycles. The Hall–Kier alpha value is -2.19. The first-order valence-electron chi connectivity index (χ1n) is 5.94. The van der Waals surface area contributed by atoms with Gasteiger partial charge in [0.15, 0.2) is 0 Å². The number of pyridine rings is 2. The van der Waals surface area contributed by atoms with Crippen LogP contribution >= 0.6 is 11.6 Å². The molecule has 0 saturated carbocycles. The molecule has 0 saturated heterocycles. The molecule has 0 aliphatic rings. The van der Waals surface area contributed by atoms with Gasteiger partial charge in [-0.2, -0.15) is 0 Å². The van der Waals surface area contributed by atoms with Crippen LogP contribution in [0.4, 0.5) is 0 Å². The lowest BCUT2D eigenvalue weighted by Crippen LogP contribution is -1.84. The minimum Gasteiger partial charge on any atom is -0.264 e. The van der Waals surface area contributed by atoms with Crippen LogP contribution in [0.1, 0.15) is 0 Å². The van der Waals surface area contributed by atoms with Crippen LogP contribution in [0.3, 0.4) is 0 Å². The molecule has 92 valence electrons. The largest absolute Gasteiger partial charge is 0.264 e. The molecule has 2 aromatic heterocycles. The Morgan fingerprint density at radius 2 is 1.21 bits per heavy atom. The lowest BCUT2D eigenvalue weighted by atomic mass is 10.0. The second-order valence-electron chi connectivity index (χ2n) is 4.21. The van der Waals surface area contributed by atoms with Gasteiger partial charge in [-0.05, 0) is 41.5 Å². The van der Waals surface area contributed by atoms with E-state index >= 15 is 0 Å². The third kappa shape index (κ3) is 2.64. The molecule has 0 radical (unpaired) electrons. The topological polar surface area (TPSA) is 25.8 Å². The summed E-state index contributed by atoms with van der Waals surface area (Å²) >= 11 is 6.21. The first-order chi connectivity index (χ1) is 9.33. The predicted molar refractivity (Wildman–Crippen MR) is 77.9 cm³/mol. The van der Waals surface area contributed by atoms with E-state index in [9.17, 15) is 0 Å². The quantitative estimate of drug-likeness (QED) is 0.684. The maximum atomic E-state index is 6.21. The van der Waals surface area contributed by atoms with Crippen molar-refractivity contribution < 1.29 is 0 Å². The van der Waals surface area contributed by atoms with Crippen molar-refractivity contribution in [2.75, 3.05) is 0 Å². The average molecular weight is 267 g/mol. The smallest absolute Gasteiger partial charge is 0.0418 e. The lowest BCUT2D eigenvalue weighted by Gasteiger charge is -2.06. The maximum Gasteiger partial charge on any atom is 0.0418 e. The Balaban J connectivity index is 2.12. The highest BCUT2D eigenvalue weighted by Crippen LogP contribution is 2.29. The van der Waals surface area contributed by atoms with Gasteiger partial charge in [0.1, 0.15) is 0 Å². The number of hydrogen-bond acceptors (Lipinski definition) is 2. The lowest BCUT2D eigenvalue weighted by molar-refractivity contribution is 1.32. The molecule has 19 heavy (non-hydrogen) atoms. The number of aromatic nitrogens is 2. The zero-order chi connectivity index (χ0) is 13.1. The van der Waals surface area contributed by atoms with Crippen molar-refractivity contribution in [3.05, 3.63) is 72.3 Å². The number of nitrogens with zero attached hydrogens (tertiary/aromatic N) is 2. The van der Waals surface area contributed by atoms with Crippen molar-refractivity contribution in [3.63, 3.8) is 0 Å². The van der Waals surface area contributed by atoms with Gasteiger partial charge in [0.05, 0.1) is 0 Å². The molecular weight excluding hydrogens is 256 g/mol. The van der Waals surface area contributed by atoms with Crippen LogP contribution < -0.4 is 0 Å². The summed E-state index contributed by atoms with van der Waals surface area (Å²) < 4.78 is 0. The summed E-state index contributed by atoms with van der Waals surface area (Å²) in [6.45, 7) is 0. The highest BCUT2D eigenvalue weighted by molar-refractivity contribution is 6.31. The normalized spacial score (nSPS) is 10.4. The van der Waals surface area contributed by atoms with E-state index in [1.807, 2.05) is 48.8 Å². The van der Waals surface area contributed by atoms with Gasteiger partial charge < -0.3 is 0 Å². The van der Waals surface area contributed by atoms with E-state index in [0.29, 0.717) is 5.02 Å². The van der Waals surface area contributed by atoms with Gasteiger partial charge in [-0.3, -0.25) is 9.97 Å². The molecule has 3 aromatic rings.